The van der Waals surface area contributed by atoms with Gasteiger partial charge >= 0.3 is 12.8 Å². The Balaban J connectivity index is 2.36. The molecule has 0 aliphatic rings. The first-order valence-electron chi connectivity index (χ1n) is 9.27. The largest absolute Gasteiger partial charge is 0.451 e. The summed E-state index contributed by atoms with van der Waals surface area (Å²) in [7, 11) is -3.50. The van der Waals surface area contributed by atoms with Crippen LogP contribution in [-0.2, 0) is 22.6 Å². The Morgan fingerprint density at radius 3 is 2.53 bits per heavy atom. The van der Waals surface area contributed by atoms with Crippen LogP contribution >= 0.6 is 0 Å². The van der Waals surface area contributed by atoms with Crippen LogP contribution in [0.4, 0.5) is 32.2 Å². The number of alkyl halides is 5. The summed E-state index contributed by atoms with van der Waals surface area (Å²) in [4.78, 5) is 19.0. The summed E-state index contributed by atoms with van der Waals surface area (Å²) >= 11 is 0. The maximum atomic E-state index is 13.9. The molecule has 0 aliphatic heterocycles. The minimum Gasteiger partial charge on any atom is -0.431 e. The molecule has 34 heavy (non-hydrogen) atoms. The van der Waals surface area contributed by atoms with Crippen LogP contribution in [0.15, 0.2) is 35.9 Å². The van der Waals surface area contributed by atoms with E-state index in [2.05, 4.69) is 25.3 Å². The number of amides is 1. The first-order valence-corrected chi connectivity index (χ1v) is 11.2. The Morgan fingerprint density at radius 1 is 1.26 bits per heavy atom. The fourth-order valence-corrected chi connectivity index (χ4v) is 3.03. The van der Waals surface area contributed by atoms with Gasteiger partial charge in [0.2, 0.25) is 5.82 Å². The number of aromatic nitrogens is 2. The summed E-state index contributed by atoms with van der Waals surface area (Å²) in [6.45, 7) is -2.51. The van der Waals surface area contributed by atoms with Crippen molar-refractivity contribution in [1.29, 1.82) is 0 Å². The smallest absolute Gasteiger partial charge is 0.431 e. The Morgan fingerprint density at radius 2 is 1.94 bits per heavy atom. The average molecular weight is 512 g/mol. The van der Waals surface area contributed by atoms with Crippen molar-refractivity contribution >= 4 is 21.6 Å². The Labute approximate surface area is 190 Å². The summed E-state index contributed by atoms with van der Waals surface area (Å²) in [5.41, 5.74) is -0.663. The zero-order chi connectivity index (χ0) is 25.7. The number of sulfone groups is 1. The normalized spacial score (nSPS) is 13.2. The monoisotopic (exact) mass is 512 g/mol. The quantitative estimate of drug-likeness (QED) is 0.495. The number of ether oxygens (including phenoxy) is 1. The number of carbonyl (C=O) groups is 1. The molecule has 1 amide bonds. The highest BCUT2D eigenvalue weighted by molar-refractivity contribution is 7.93. The van der Waals surface area contributed by atoms with E-state index in [1.54, 1.807) is 0 Å². The molecule has 0 unspecified atom stereocenters. The lowest BCUT2D eigenvalue weighted by Gasteiger charge is -2.16. The number of benzene rings is 1. The number of nitrogens with one attached hydrogen (secondary N) is 2. The summed E-state index contributed by atoms with van der Waals surface area (Å²) in [5.74, 6) is -5.17. The third-order valence-corrected chi connectivity index (χ3v) is 4.61. The molecule has 1 atom stereocenters. The predicted molar refractivity (Wildman–Crippen MR) is 108 cm³/mol. The Bertz CT molecular complexity index is 1170. The lowest BCUT2D eigenvalue weighted by molar-refractivity contribution is -0.144. The fraction of sp³-hybridized carbons (Fsp3) is 0.316. The summed E-state index contributed by atoms with van der Waals surface area (Å²) in [5, 5.41) is 5.54. The lowest BCUT2D eigenvalue weighted by Crippen LogP contribution is -2.32. The second-order valence-corrected chi connectivity index (χ2v) is 8.77. The number of hydrogen-bond acceptors (Lipinski definition) is 7. The summed E-state index contributed by atoms with van der Waals surface area (Å²) in [6.07, 6.45) is -2.34. The van der Waals surface area contributed by atoms with E-state index in [-0.39, 0.29) is 5.56 Å². The predicted octanol–water partition coefficient (Wildman–Crippen LogP) is 3.52. The molecule has 2 N–H and O–H groups in total. The molecular weight excluding hydrogens is 494 g/mol. The number of halogens is 6. The number of anilines is 1. The van der Waals surface area contributed by atoms with E-state index in [0.717, 1.165) is 29.9 Å². The number of carbonyl (C=O) groups excluding carboxylic acids is 1. The third-order valence-electron chi connectivity index (χ3n) is 3.96. The highest BCUT2D eigenvalue weighted by Gasteiger charge is 2.35. The van der Waals surface area contributed by atoms with Crippen molar-refractivity contribution < 1.29 is 44.3 Å². The van der Waals surface area contributed by atoms with Crippen molar-refractivity contribution in [1.82, 2.24) is 15.3 Å². The topological polar surface area (TPSA) is 110 Å². The maximum Gasteiger partial charge on any atom is 0.451 e. The van der Waals surface area contributed by atoms with Crippen molar-refractivity contribution in [3.8, 4) is 5.75 Å². The standard InChI is InChI=1S/C19H18F6N4O4S/c1-10(6-7-34(2,31)32)28-16(30)12-9-27-17(19(23,24)25)29-15(12)26-8-11-4-3-5-13(20)14(11)33-18(21)22/h3-7,9-10,18H,8H2,1-2H3,(H,28,30)(H,26,27,29)/b7-6+/t10-/m0/s1. The van der Waals surface area contributed by atoms with Crippen LogP contribution < -0.4 is 15.4 Å². The molecule has 15 heteroatoms. The van der Waals surface area contributed by atoms with E-state index in [9.17, 15) is 39.6 Å². The molecule has 8 nitrogen and oxygen atoms in total. The van der Waals surface area contributed by atoms with Gasteiger partial charge in [0, 0.05) is 36.0 Å². The molecule has 0 radical (unpaired) electrons. The molecule has 0 bridgehead atoms. The van der Waals surface area contributed by atoms with E-state index < -0.39 is 69.9 Å². The fourth-order valence-electron chi connectivity index (χ4n) is 2.51. The van der Waals surface area contributed by atoms with Gasteiger partial charge in [0.05, 0.1) is 0 Å². The van der Waals surface area contributed by atoms with Gasteiger partial charge in [-0.2, -0.15) is 22.0 Å². The lowest BCUT2D eigenvalue weighted by atomic mass is 10.2. The van der Waals surface area contributed by atoms with E-state index in [1.807, 2.05) is 0 Å². The Hall–Kier alpha value is -3.36. The molecule has 0 saturated heterocycles. The molecule has 1 heterocycles. The van der Waals surface area contributed by atoms with Crippen LogP contribution in [0.25, 0.3) is 0 Å². The molecule has 0 aliphatic carbocycles. The van der Waals surface area contributed by atoms with Gasteiger partial charge in [-0.1, -0.05) is 18.2 Å². The van der Waals surface area contributed by atoms with Gasteiger partial charge in [-0.25, -0.2) is 22.8 Å². The Kier molecular flexibility index (Phi) is 8.47. The molecule has 0 fully saturated rings. The highest BCUT2D eigenvalue weighted by atomic mass is 32.2. The third kappa shape index (κ3) is 7.90. The minimum absolute atomic E-state index is 0.191. The summed E-state index contributed by atoms with van der Waals surface area (Å²) < 4.78 is 105. The van der Waals surface area contributed by atoms with Gasteiger partial charge in [0.25, 0.3) is 5.91 Å². The number of rotatable bonds is 9. The van der Waals surface area contributed by atoms with E-state index >= 15 is 0 Å². The number of nitrogens with zero attached hydrogens (tertiary/aromatic N) is 2. The van der Waals surface area contributed by atoms with Crippen molar-refractivity contribution in [2.24, 2.45) is 0 Å². The second kappa shape index (κ2) is 10.7. The van der Waals surface area contributed by atoms with Crippen LogP contribution in [0, 0.1) is 5.82 Å². The highest BCUT2D eigenvalue weighted by Crippen LogP contribution is 2.29. The van der Waals surface area contributed by atoms with E-state index in [4.69, 9.17) is 0 Å². The summed E-state index contributed by atoms with van der Waals surface area (Å²) in [6, 6.07) is 2.33. The van der Waals surface area contributed by atoms with E-state index in [0.29, 0.717) is 6.20 Å². The first-order chi connectivity index (χ1) is 15.7. The van der Waals surface area contributed by atoms with Crippen LogP contribution in [0.3, 0.4) is 0 Å². The zero-order valence-corrected chi connectivity index (χ0v) is 18.3. The molecule has 2 aromatic rings. The maximum absolute atomic E-state index is 13.9. The average Bonchev–Trinajstić information content (AvgIpc) is 2.71. The van der Waals surface area contributed by atoms with Crippen molar-refractivity contribution in [2.45, 2.75) is 32.3 Å². The molecule has 1 aromatic carbocycles. The van der Waals surface area contributed by atoms with Crippen LogP contribution in [0.2, 0.25) is 0 Å². The molecule has 186 valence electrons. The van der Waals surface area contributed by atoms with E-state index in [1.165, 1.54) is 13.0 Å². The van der Waals surface area contributed by atoms with Crippen LogP contribution in [0.1, 0.15) is 28.7 Å². The minimum atomic E-state index is -4.97. The zero-order valence-electron chi connectivity index (χ0n) is 17.5. The first kappa shape index (κ1) is 26.9. The molecule has 0 spiro atoms. The molecule has 2 rings (SSSR count). The molecular formula is C19H18F6N4O4S. The van der Waals surface area contributed by atoms with Crippen LogP contribution in [0.5, 0.6) is 5.75 Å². The van der Waals surface area contributed by atoms with Crippen molar-refractivity contribution in [2.75, 3.05) is 11.6 Å². The molecule has 1 aromatic heterocycles. The second-order valence-electron chi connectivity index (χ2n) is 6.83. The van der Waals surface area contributed by atoms with Gasteiger partial charge < -0.3 is 15.4 Å². The van der Waals surface area contributed by atoms with Gasteiger partial charge in [-0.05, 0) is 13.0 Å². The number of para-hydroxylation sites is 1. The number of hydrogen-bond donors (Lipinski definition) is 2. The van der Waals surface area contributed by atoms with Gasteiger partial charge in [-0.3, -0.25) is 4.79 Å². The van der Waals surface area contributed by atoms with Gasteiger partial charge in [0.1, 0.15) is 11.4 Å². The van der Waals surface area contributed by atoms with Gasteiger partial charge in [-0.15, -0.1) is 0 Å². The van der Waals surface area contributed by atoms with Crippen molar-refractivity contribution in [3.63, 3.8) is 0 Å². The molecule has 0 saturated carbocycles. The SMILES string of the molecule is C[C@@H](/C=C/S(C)(=O)=O)NC(=O)c1cnc(C(F)(F)F)nc1NCc1cccc(F)c1OC(F)F. The van der Waals surface area contributed by atoms with Crippen LogP contribution in [-0.4, -0.2) is 43.2 Å². The van der Waals surface area contributed by atoms with Crippen molar-refractivity contribution in [3.05, 3.63) is 58.6 Å². The van der Waals surface area contributed by atoms with Gasteiger partial charge in [0.15, 0.2) is 21.4 Å².